The summed E-state index contributed by atoms with van der Waals surface area (Å²) < 4.78 is 5.56. The summed E-state index contributed by atoms with van der Waals surface area (Å²) in [5.74, 6) is 1.16. The lowest BCUT2D eigenvalue weighted by molar-refractivity contribution is 0.461. The van der Waals surface area contributed by atoms with Crippen molar-refractivity contribution in [1.29, 1.82) is 0 Å². The maximum atomic E-state index is 5.56. The molecule has 0 saturated carbocycles. The quantitative estimate of drug-likeness (QED) is 0.708. The second kappa shape index (κ2) is 6.84. The second-order valence-electron chi connectivity index (χ2n) is 6.04. The molecule has 1 atom stereocenters. The van der Waals surface area contributed by atoms with Gasteiger partial charge in [-0.2, -0.15) is 0 Å². The van der Waals surface area contributed by atoms with Crippen molar-refractivity contribution in [3.63, 3.8) is 0 Å². The highest BCUT2D eigenvalue weighted by atomic mass is 16.3. The molecule has 0 aliphatic heterocycles. The Kier molecular flexibility index (Phi) is 4.64. The molecule has 1 N–H and O–H groups in total. The van der Waals surface area contributed by atoms with Crippen molar-refractivity contribution in [2.45, 2.75) is 57.9 Å². The van der Waals surface area contributed by atoms with E-state index in [1.165, 1.54) is 55.3 Å². The number of anilines is 1. The van der Waals surface area contributed by atoms with Crippen LogP contribution in [0.1, 0.15) is 62.0 Å². The lowest BCUT2D eigenvalue weighted by atomic mass is 9.93. The van der Waals surface area contributed by atoms with Crippen molar-refractivity contribution in [3.05, 3.63) is 53.5 Å². The van der Waals surface area contributed by atoms with Crippen LogP contribution in [0.3, 0.4) is 0 Å². The highest BCUT2D eigenvalue weighted by molar-refractivity contribution is 5.47. The third kappa shape index (κ3) is 3.49. The molecular formula is C19H25NO. The standard InChI is InChI=1S/C19H25NO/c1-2-3-4-6-15-9-11-16(12-10-15)20-18-7-5-8-19-17(18)13-14-21-19/h9-14,18,20H,2-8H2,1H3. The van der Waals surface area contributed by atoms with E-state index >= 15 is 0 Å². The van der Waals surface area contributed by atoms with E-state index < -0.39 is 0 Å². The number of hydrogen-bond acceptors (Lipinski definition) is 2. The number of hydrogen-bond donors (Lipinski definition) is 1. The van der Waals surface area contributed by atoms with Crippen LogP contribution in [0.2, 0.25) is 0 Å². The second-order valence-corrected chi connectivity index (χ2v) is 6.04. The molecule has 0 amide bonds. The Bertz CT molecular complexity index is 555. The van der Waals surface area contributed by atoms with Crippen molar-refractivity contribution in [3.8, 4) is 0 Å². The van der Waals surface area contributed by atoms with E-state index in [2.05, 4.69) is 42.6 Å². The third-order valence-corrected chi connectivity index (χ3v) is 4.42. The topological polar surface area (TPSA) is 25.2 Å². The summed E-state index contributed by atoms with van der Waals surface area (Å²) in [7, 11) is 0. The molecule has 1 unspecified atom stereocenters. The molecule has 2 aromatic rings. The molecule has 0 bridgehead atoms. The average molecular weight is 283 g/mol. The minimum absolute atomic E-state index is 0.401. The smallest absolute Gasteiger partial charge is 0.109 e. The van der Waals surface area contributed by atoms with Gasteiger partial charge in [0.1, 0.15) is 5.76 Å². The first-order valence-electron chi connectivity index (χ1n) is 8.28. The predicted octanol–water partition coefficient (Wildman–Crippen LogP) is 5.50. The van der Waals surface area contributed by atoms with Gasteiger partial charge in [0.05, 0.1) is 12.3 Å². The van der Waals surface area contributed by atoms with Crippen LogP contribution in [-0.2, 0) is 12.8 Å². The van der Waals surface area contributed by atoms with Gasteiger partial charge in [0.15, 0.2) is 0 Å². The lowest BCUT2D eigenvalue weighted by Gasteiger charge is -2.23. The number of rotatable bonds is 6. The van der Waals surface area contributed by atoms with Crippen LogP contribution >= 0.6 is 0 Å². The van der Waals surface area contributed by atoms with Crippen LogP contribution < -0.4 is 5.32 Å². The van der Waals surface area contributed by atoms with Gasteiger partial charge in [-0.3, -0.25) is 0 Å². The van der Waals surface area contributed by atoms with Gasteiger partial charge in [0, 0.05) is 17.7 Å². The summed E-state index contributed by atoms with van der Waals surface area (Å²) in [5.41, 5.74) is 4.00. The lowest BCUT2D eigenvalue weighted by Crippen LogP contribution is -2.15. The van der Waals surface area contributed by atoms with E-state index in [4.69, 9.17) is 4.42 Å². The minimum Gasteiger partial charge on any atom is -0.469 e. The molecule has 1 aromatic carbocycles. The van der Waals surface area contributed by atoms with Gasteiger partial charge >= 0.3 is 0 Å². The molecule has 1 heterocycles. The molecule has 21 heavy (non-hydrogen) atoms. The van der Waals surface area contributed by atoms with Crippen LogP contribution in [-0.4, -0.2) is 0 Å². The van der Waals surface area contributed by atoms with Gasteiger partial charge in [-0.1, -0.05) is 31.9 Å². The zero-order valence-corrected chi connectivity index (χ0v) is 12.9. The minimum atomic E-state index is 0.401. The fourth-order valence-corrected chi connectivity index (χ4v) is 3.18. The van der Waals surface area contributed by atoms with Gasteiger partial charge in [-0.05, 0) is 49.4 Å². The van der Waals surface area contributed by atoms with Crippen molar-refractivity contribution in [2.75, 3.05) is 5.32 Å². The number of benzene rings is 1. The fourth-order valence-electron chi connectivity index (χ4n) is 3.18. The van der Waals surface area contributed by atoms with Crippen LogP contribution in [0, 0.1) is 0 Å². The Morgan fingerprint density at radius 1 is 1.14 bits per heavy atom. The molecule has 0 saturated heterocycles. The maximum Gasteiger partial charge on any atom is 0.109 e. The fraction of sp³-hybridized carbons (Fsp3) is 0.474. The zero-order chi connectivity index (χ0) is 14.5. The summed E-state index contributed by atoms with van der Waals surface area (Å²) in [4.78, 5) is 0. The van der Waals surface area contributed by atoms with Crippen LogP contribution in [0.15, 0.2) is 41.0 Å². The molecular weight excluding hydrogens is 258 g/mol. The summed E-state index contributed by atoms with van der Waals surface area (Å²) in [6.07, 6.45) is 10.4. The van der Waals surface area contributed by atoms with Gasteiger partial charge in [0.2, 0.25) is 0 Å². The molecule has 0 spiro atoms. The first kappa shape index (κ1) is 14.2. The Morgan fingerprint density at radius 3 is 2.81 bits per heavy atom. The van der Waals surface area contributed by atoms with E-state index in [-0.39, 0.29) is 0 Å². The summed E-state index contributed by atoms with van der Waals surface area (Å²) in [6, 6.07) is 11.5. The molecule has 2 nitrogen and oxygen atoms in total. The maximum absolute atomic E-state index is 5.56. The van der Waals surface area contributed by atoms with E-state index in [0.29, 0.717) is 6.04 Å². The van der Waals surface area contributed by atoms with E-state index in [0.717, 1.165) is 12.2 Å². The van der Waals surface area contributed by atoms with Crippen molar-refractivity contribution in [2.24, 2.45) is 0 Å². The summed E-state index contributed by atoms with van der Waals surface area (Å²) in [5, 5.41) is 3.66. The zero-order valence-electron chi connectivity index (χ0n) is 12.9. The number of unbranched alkanes of at least 4 members (excludes halogenated alkanes) is 2. The van der Waals surface area contributed by atoms with Crippen molar-refractivity contribution in [1.82, 2.24) is 0 Å². The number of furan rings is 1. The van der Waals surface area contributed by atoms with E-state index in [9.17, 15) is 0 Å². The molecule has 0 radical (unpaired) electrons. The van der Waals surface area contributed by atoms with Gasteiger partial charge in [0.25, 0.3) is 0 Å². The largest absolute Gasteiger partial charge is 0.469 e. The third-order valence-electron chi connectivity index (χ3n) is 4.42. The molecule has 2 heteroatoms. The Morgan fingerprint density at radius 2 is 2.00 bits per heavy atom. The average Bonchev–Trinajstić information content (AvgIpc) is 2.99. The van der Waals surface area contributed by atoms with Gasteiger partial charge in [-0.25, -0.2) is 0 Å². The van der Waals surface area contributed by atoms with Crippen molar-refractivity contribution < 1.29 is 4.42 Å². The SMILES string of the molecule is CCCCCc1ccc(NC2CCCc3occc32)cc1. The van der Waals surface area contributed by atoms with E-state index in [1.807, 2.05) is 6.26 Å². The van der Waals surface area contributed by atoms with E-state index in [1.54, 1.807) is 0 Å². The highest BCUT2D eigenvalue weighted by Gasteiger charge is 2.22. The Balaban J connectivity index is 1.61. The van der Waals surface area contributed by atoms with Crippen LogP contribution in [0.25, 0.3) is 0 Å². The predicted molar refractivity (Wildman–Crippen MR) is 87.7 cm³/mol. The molecule has 1 aliphatic carbocycles. The van der Waals surface area contributed by atoms with Crippen LogP contribution in [0.4, 0.5) is 5.69 Å². The number of aryl methyl sites for hydroxylation is 2. The first-order valence-corrected chi connectivity index (χ1v) is 8.28. The van der Waals surface area contributed by atoms with Gasteiger partial charge < -0.3 is 9.73 Å². The molecule has 112 valence electrons. The van der Waals surface area contributed by atoms with Crippen molar-refractivity contribution >= 4 is 5.69 Å². The Hall–Kier alpha value is -1.70. The summed E-state index contributed by atoms with van der Waals surface area (Å²) in [6.45, 7) is 2.25. The van der Waals surface area contributed by atoms with Crippen LogP contribution in [0.5, 0.6) is 0 Å². The molecule has 0 fully saturated rings. The monoisotopic (exact) mass is 283 g/mol. The first-order chi connectivity index (χ1) is 10.4. The van der Waals surface area contributed by atoms with Gasteiger partial charge in [-0.15, -0.1) is 0 Å². The normalized spacial score (nSPS) is 17.5. The molecule has 1 aromatic heterocycles. The highest BCUT2D eigenvalue weighted by Crippen LogP contribution is 2.33. The number of nitrogens with one attached hydrogen (secondary N) is 1. The Labute approximate surface area is 127 Å². The number of fused-ring (bicyclic) bond motifs is 1. The summed E-state index contributed by atoms with van der Waals surface area (Å²) >= 11 is 0. The molecule has 3 rings (SSSR count). The molecule has 1 aliphatic rings.